The van der Waals surface area contributed by atoms with Crippen LogP contribution in [0.1, 0.15) is 68.7 Å². The van der Waals surface area contributed by atoms with E-state index in [0.29, 0.717) is 24.1 Å². The Balaban J connectivity index is 1.91. The lowest BCUT2D eigenvalue weighted by Gasteiger charge is -2.38. The van der Waals surface area contributed by atoms with Gasteiger partial charge in [-0.25, -0.2) is 4.79 Å². The topological polar surface area (TPSA) is 76.2 Å². The second kappa shape index (κ2) is 9.30. The number of nitrogens with zero attached hydrogens (tertiary/aromatic N) is 2. The molecule has 2 aliphatic heterocycles. The maximum Gasteiger partial charge on any atom is 0.412 e. The van der Waals surface area contributed by atoms with Crippen molar-refractivity contribution in [2.24, 2.45) is 11.3 Å². The fourth-order valence-electron chi connectivity index (χ4n) is 4.42. The van der Waals surface area contributed by atoms with Gasteiger partial charge in [-0.05, 0) is 63.4 Å². The molecule has 0 spiro atoms. The third-order valence-electron chi connectivity index (χ3n) is 6.16. The lowest BCUT2D eigenvalue weighted by Crippen LogP contribution is -2.51. The minimum atomic E-state index is -1.21. The molecule has 1 radical (unpaired) electrons. The van der Waals surface area contributed by atoms with Crippen LogP contribution in [0.25, 0.3) is 0 Å². The van der Waals surface area contributed by atoms with E-state index in [1.165, 1.54) is 4.90 Å². The molecule has 2 atom stereocenters. The van der Waals surface area contributed by atoms with Gasteiger partial charge in [0.1, 0.15) is 5.60 Å². The van der Waals surface area contributed by atoms with Crippen LogP contribution in [0, 0.1) is 11.3 Å². The molecule has 8 heteroatoms. The maximum absolute atomic E-state index is 13.3. The normalized spacial score (nSPS) is 23.4. The first-order valence-electron chi connectivity index (χ1n) is 11.8. The van der Waals surface area contributed by atoms with E-state index in [2.05, 4.69) is 20.8 Å². The van der Waals surface area contributed by atoms with Gasteiger partial charge in [0.15, 0.2) is 5.72 Å². The highest BCUT2D eigenvalue weighted by Gasteiger charge is 2.52. The number of carbonyl (C=O) groups is 3. The predicted molar refractivity (Wildman–Crippen MR) is 133 cm³/mol. The number of ether oxygens (including phenoxy) is 1. The largest absolute Gasteiger partial charge is 0.444 e. The SMILES string of the molecule is C[Si](C)O[C@]1(C=CCN2C(=O)c3ccccc3C2=O)C[C@H](C(C)(C)C)CN1C(=O)OC(C)(C)C. The molecule has 0 unspecified atom stereocenters. The zero-order chi connectivity index (χ0) is 25.5. The molecule has 2 heterocycles. The van der Waals surface area contributed by atoms with Crippen LogP contribution in [-0.2, 0) is 9.16 Å². The van der Waals surface area contributed by atoms with E-state index < -0.39 is 26.5 Å². The van der Waals surface area contributed by atoms with Crippen LogP contribution in [-0.4, -0.2) is 61.2 Å². The summed E-state index contributed by atoms with van der Waals surface area (Å²) in [7, 11) is -1.21. The number of benzene rings is 1. The highest BCUT2D eigenvalue weighted by Crippen LogP contribution is 2.44. The first-order chi connectivity index (χ1) is 15.6. The molecule has 34 heavy (non-hydrogen) atoms. The van der Waals surface area contributed by atoms with Crippen molar-refractivity contribution in [3.63, 3.8) is 0 Å². The number of carbonyl (C=O) groups excluding carboxylic acids is 3. The Bertz CT molecular complexity index is 957. The second-order valence-corrected chi connectivity index (χ2v) is 13.4. The number of hydrogen-bond donors (Lipinski definition) is 0. The summed E-state index contributed by atoms with van der Waals surface area (Å²) in [4.78, 5) is 41.7. The summed E-state index contributed by atoms with van der Waals surface area (Å²) in [6, 6.07) is 6.84. The molecular weight excluding hydrogens is 448 g/mol. The Labute approximate surface area is 204 Å². The predicted octanol–water partition coefficient (Wildman–Crippen LogP) is 5.11. The molecule has 185 valence electrons. The third-order valence-corrected chi connectivity index (χ3v) is 6.92. The molecule has 0 aromatic heterocycles. The van der Waals surface area contributed by atoms with Gasteiger partial charge in [-0.1, -0.05) is 39.0 Å². The molecule has 0 aliphatic carbocycles. The van der Waals surface area contributed by atoms with Crippen molar-refractivity contribution in [3.8, 4) is 0 Å². The van der Waals surface area contributed by atoms with Gasteiger partial charge in [-0.3, -0.25) is 19.4 Å². The van der Waals surface area contributed by atoms with Crippen LogP contribution in [0.3, 0.4) is 0 Å². The summed E-state index contributed by atoms with van der Waals surface area (Å²) in [6.45, 7) is 16.7. The highest BCUT2D eigenvalue weighted by molar-refractivity contribution is 6.48. The van der Waals surface area contributed by atoms with Gasteiger partial charge >= 0.3 is 6.09 Å². The van der Waals surface area contributed by atoms with Crippen LogP contribution >= 0.6 is 0 Å². The molecule has 3 rings (SSSR count). The summed E-state index contributed by atoms with van der Waals surface area (Å²) in [5, 5.41) is 0. The monoisotopic (exact) mass is 485 g/mol. The number of imide groups is 1. The van der Waals surface area contributed by atoms with Gasteiger partial charge in [0, 0.05) is 19.5 Å². The van der Waals surface area contributed by atoms with Crippen LogP contribution in [0.15, 0.2) is 36.4 Å². The summed E-state index contributed by atoms with van der Waals surface area (Å²) in [5.41, 5.74) is -0.835. The fourth-order valence-corrected chi connectivity index (χ4v) is 5.39. The van der Waals surface area contributed by atoms with Crippen molar-refractivity contribution >= 4 is 26.9 Å². The summed E-state index contributed by atoms with van der Waals surface area (Å²) >= 11 is 0. The van der Waals surface area contributed by atoms with Gasteiger partial charge in [-0.2, -0.15) is 0 Å². The zero-order valence-electron chi connectivity index (χ0n) is 21.6. The van der Waals surface area contributed by atoms with Gasteiger partial charge < -0.3 is 9.16 Å². The van der Waals surface area contributed by atoms with E-state index >= 15 is 0 Å². The maximum atomic E-state index is 13.3. The van der Waals surface area contributed by atoms with Crippen LogP contribution in [0.4, 0.5) is 4.79 Å². The van der Waals surface area contributed by atoms with E-state index in [9.17, 15) is 14.4 Å². The molecule has 7 nitrogen and oxygen atoms in total. The first-order valence-corrected chi connectivity index (χ1v) is 14.2. The number of likely N-dealkylation sites (tertiary alicyclic amines) is 1. The second-order valence-electron chi connectivity index (χ2n) is 11.4. The number of amides is 3. The Hall–Kier alpha value is -2.45. The van der Waals surface area contributed by atoms with Crippen LogP contribution in [0.2, 0.25) is 13.1 Å². The molecule has 1 saturated heterocycles. The highest BCUT2D eigenvalue weighted by atomic mass is 28.3. The van der Waals surface area contributed by atoms with Crippen molar-refractivity contribution < 1.29 is 23.5 Å². The summed E-state index contributed by atoms with van der Waals surface area (Å²) < 4.78 is 12.2. The lowest BCUT2D eigenvalue weighted by atomic mass is 9.79. The molecule has 1 aromatic carbocycles. The van der Waals surface area contributed by atoms with Crippen LogP contribution < -0.4 is 0 Å². The van der Waals surface area contributed by atoms with Gasteiger partial charge in [0.05, 0.1) is 11.1 Å². The molecule has 0 bridgehead atoms. The quantitative estimate of drug-likeness (QED) is 0.329. The standard InChI is InChI=1S/C26H37N2O5Si/c1-24(2,3)18-16-26(33-34(7)8,28(17-18)23(31)32-25(4,5)6)14-11-15-27-21(29)19-12-9-10-13-20(19)22(27)30/h9-14,18H,15-17H2,1-8H3/t18-,26+/m0/s1. The Morgan fingerprint density at radius 2 is 1.65 bits per heavy atom. The van der Waals surface area contributed by atoms with E-state index in [-0.39, 0.29) is 29.7 Å². The van der Waals surface area contributed by atoms with Gasteiger partial charge in [0.25, 0.3) is 11.8 Å². The average molecular weight is 486 g/mol. The van der Waals surface area contributed by atoms with Gasteiger partial charge in [-0.15, -0.1) is 0 Å². The zero-order valence-corrected chi connectivity index (χ0v) is 22.6. The van der Waals surface area contributed by atoms with Crippen molar-refractivity contribution in [2.45, 2.75) is 72.4 Å². The molecule has 3 amide bonds. The number of fused-ring (bicyclic) bond motifs is 1. The summed E-state index contributed by atoms with van der Waals surface area (Å²) in [6.07, 6.45) is 3.82. The minimum absolute atomic E-state index is 0.0455. The Kier molecular flexibility index (Phi) is 7.16. The van der Waals surface area contributed by atoms with Gasteiger partial charge in [0.2, 0.25) is 9.04 Å². The van der Waals surface area contributed by atoms with Crippen molar-refractivity contribution in [3.05, 3.63) is 47.5 Å². The molecule has 1 aromatic rings. The first kappa shape index (κ1) is 26.2. The van der Waals surface area contributed by atoms with E-state index in [4.69, 9.17) is 9.16 Å². The number of hydrogen-bond acceptors (Lipinski definition) is 5. The lowest BCUT2D eigenvalue weighted by molar-refractivity contribution is -0.0397. The minimum Gasteiger partial charge on any atom is -0.444 e. The van der Waals surface area contributed by atoms with Crippen molar-refractivity contribution in [1.82, 2.24) is 9.80 Å². The van der Waals surface area contributed by atoms with Crippen molar-refractivity contribution in [2.75, 3.05) is 13.1 Å². The summed E-state index contributed by atoms with van der Waals surface area (Å²) in [5.74, 6) is -0.428. The smallest absolute Gasteiger partial charge is 0.412 e. The number of rotatable bonds is 5. The fraction of sp³-hybridized carbons (Fsp3) is 0.577. The van der Waals surface area contributed by atoms with Crippen molar-refractivity contribution in [1.29, 1.82) is 0 Å². The van der Waals surface area contributed by atoms with Crippen LogP contribution in [0.5, 0.6) is 0 Å². The van der Waals surface area contributed by atoms with E-state index in [1.807, 2.05) is 39.9 Å². The molecule has 0 saturated carbocycles. The third kappa shape index (κ3) is 5.44. The molecule has 1 fully saturated rings. The molecule has 0 N–H and O–H groups in total. The van der Waals surface area contributed by atoms with E-state index in [1.54, 1.807) is 35.2 Å². The molecule has 2 aliphatic rings. The average Bonchev–Trinajstić information content (AvgIpc) is 3.18. The van der Waals surface area contributed by atoms with E-state index in [0.717, 1.165) is 0 Å². The Morgan fingerprint density at radius 1 is 1.09 bits per heavy atom. The Morgan fingerprint density at radius 3 is 2.12 bits per heavy atom. The molecular formula is C26H37N2O5Si.